The van der Waals surface area contributed by atoms with Crippen LogP contribution in [0.3, 0.4) is 0 Å². The third-order valence-corrected chi connectivity index (χ3v) is 5.99. The summed E-state index contributed by atoms with van der Waals surface area (Å²) in [6.07, 6.45) is 5.08. The van der Waals surface area contributed by atoms with Crippen molar-refractivity contribution in [3.63, 3.8) is 0 Å². The second-order valence-corrected chi connectivity index (χ2v) is 8.62. The molecule has 2 aromatic rings. The number of terminal acetylenes is 1. The lowest BCUT2D eigenvalue weighted by Gasteiger charge is -2.12. The van der Waals surface area contributed by atoms with Gasteiger partial charge < -0.3 is 10.6 Å². The Bertz CT molecular complexity index is 1110. The van der Waals surface area contributed by atoms with Gasteiger partial charge in [-0.2, -0.15) is 0 Å². The van der Waals surface area contributed by atoms with E-state index in [0.717, 1.165) is 11.1 Å². The number of sulfonamides is 1. The minimum absolute atomic E-state index is 0.0105. The fraction of sp³-hybridized carbons (Fsp3) is 0.238. The van der Waals surface area contributed by atoms with Crippen LogP contribution in [0.1, 0.15) is 27.9 Å². The monoisotopic (exact) mass is 447 g/mol. The highest BCUT2D eigenvalue weighted by atomic mass is 35.5. The summed E-state index contributed by atoms with van der Waals surface area (Å²) in [7, 11) is -3.93. The second-order valence-electron chi connectivity index (χ2n) is 6.53. The van der Waals surface area contributed by atoms with E-state index in [2.05, 4.69) is 21.3 Å². The molecule has 158 valence electrons. The summed E-state index contributed by atoms with van der Waals surface area (Å²) < 4.78 is 28.0. The fourth-order valence-corrected chi connectivity index (χ4v) is 3.77. The van der Waals surface area contributed by atoms with Crippen molar-refractivity contribution in [2.24, 2.45) is 0 Å². The largest absolute Gasteiger partial charge is 0.351 e. The fourth-order valence-electron chi connectivity index (χ4n) is 2.49. The van der Waals surface area contributed by atoms with Crippen LogP contribution in [0, 0.1) is 26.2 Å². The van der Waals surface area contributed by atoms with Crippen molar-refractivity contribution < 1.29 is 18.0 Å². The topological polar surface area (TPSA) is 104 Å². The normalized spacial score (nSPS) is 10.7. The van der Waals surface area contributed by atoms with Gasteiger partial charge in [-0.1, -0.05) is 23.6 Å². The standard InChI is InChI=1S/C21H22ClN3O4S/c1-4-10-23-20(26)9-11-24-21(27)18-13-17(7-8-19(18)22)30(28,29)25-16-6-5-14(2)15(3)12-16/h1,5-8,12-13,25H,9-11H2,2-3H3,(H,23,26)(H,24,27). The maximum Gasteiger partial charge on any atom is 0.261 e. The van der Waals surface area contributed by atoms with E-state index in [1.54, 1.807) is 12.1 Å². The van der Waals surface area contributed by atoms with Gasteiger partial charge in [0.15, 0.2) is 0 Å². The Morgan fingerprint density at radius 1 is 1.07 bits per heavy atom. The molecule has 0 heterocycles. The van der Waals surface area contributed by atoms with Gasteiger partial charge in [-0.15, -0.1) is 6.42 Å². The number of rotatable bonds is 8. The molecule has 0 unspecified atom stereocenters. The van der Waals surface area contributed by atoms with Crippen LogP contribution in [0.2, 0.25) is 5.02 Å². The number of hydrogen-bond donors (Lipinski definition) is 3. The van der Waals surface area contributed by atoms with Gasteiger partial charge in [0.05, 0.1) is 22.0 Å². The molecule has 0 radical (unpaired) electrons. The summed E-state index contributed by atoms with van der Waals surface area (Å²) in [5, 5.41) is 5.11. The van der Waals surface area contributed by atoms with E-state index in [4.69, 9.17) is 18.0 Å². The number of carbonyl (C=O) groups excluding carboxylic acids is 2. The molecule has 2 aromatic carbocycles. The summed E-state index contributed by atoms with van der Waals surface area (Å²) in [5.74, 6) is 1.37. The number of anilines is 1. The van der Waals surface area contributed by atoms with E-state index in [0.29, 0.717) is 5.69 Å². The van der Waals surface area contributed by atoms with Gasteiger partial charge >= 0.3 is 0 Å². The number of nitrogens with one attached hydrogen (secondary N) is 3. The molecule has 0 fully saturated rings. The lowest BCUT2D eigenvalue weighted by atomic mass is 10.1. The van der Waals surface area contributed by atoms with E-state index in [1.807, 2.05) is 19.9 Å². The quantitative estimate of drug-likeness (QED) is 0.541. The number of aryl methyl sites for hydroxylation is 2. The lowest BCUT2D eigenvalue weighted by molar-refractivity contribution is -0.120. The van der Waals surface area contributed by atoms with Crippen molar-refractivity contribution >= 4 is 39.1 Å². The summed E-state index contributed by atoms with van der Waals surface area (Å²) in [6.45, 7) is 3.95. The third kappa shape index (κ3) is 6.24. The minimum atomic E-state index is -3.93. The van der Waals surface area contributed by atoms with Crippen LogP contribution < -0.4 is 15.4 Å². The molecule has 2 rings (SSSR count). The van der Waals surface area contributed by atoms with Crippen molar-refractivity contribution in [2.75, 3.05) is 17.8 Å². The molecular weight excluding hydrogens is 426 g/mol. The Hall–Kier alpha value is -3.02. The van der Waals surface area contributed by atoms with Crippen molar-refractivity contribution in [3.8, 4) is 12.3 Å². The Morgan fingerprint density at radius 2 is 1.80 bits per heavy atom. The van der Waals surface area contributed by atoms with Gasteiger partial charge in [0, 0.05) is 18.7 Å². The smallest absolute Gasteiger partial charge is 0.261 e. The predicted molar refractivity (Wildman–Crippen MR) is 117 cm³/mol. The van der Waals surface area contributed by atoms with Gasteiger partial charge in [0.1, 0.15) is 0 Å². The van der Waals surface area contributed by atoms with Crippen molar-refractivity contribution in [1.29, 1.82) is 0 Å². The highest BCUT2D eigenvalue weighted by Crippen LogP contribution is 2.23. The molecule has 7 nitrogen and oxygen atoms in total. The average molecular weight is 448 g/mol. The Kier molecular flexibility index (Phi) is 7.86. The number of halogens is 1. The molecule has 0 aromatic heterocycles. The molecule has 9 heteroatoms. The Morgan fingerprint density at radius 3 is 2.47 bits per heavy atom. The van der Waals surface area contributed by atoms with Crippen LogP contribution in [0.15, 0.2) is 41.3 Å². The maximum absolute atomic E-state index is 12.7. The SMILES string of the molecule is C#CCNC(=O)CCNC(=O)c1cc(S(=O)(=O)Nc2ccc(C)c(C)c2)ccc1Cl. The number of hydrogen-bond acceptors (Lipinski definition) is 4. The summed E-state index contributed by atoms with van der Waals surface area (Å²) in [4.78, 5) is 23.8. The first-order valence-corrected chi connectivity index (χ1v) is 10.9. The molecule has 0 spiro atoms. The maximum atomic E-state index is 12.7. The van der Waals surface area contributed by atoms with Crippen molar-refractivity contribution in [1.82, 2.24) is 10.6 Å². The van der Waals surface area contributed by atoms with Crippen LogP contribution in [0.4, 0.5) is 5.69 Å². The van der Waals surface area contributed by atoms with E-state index < -0.39 is 15.9 Å². The molecule has 3 N–H and O–H groups in total. The first kappa shape index (κ1) is 23.3. The van der Waals surface area contributed by atoms with E-state index >= 15 is 0 Å². The second kappa shape index (κ2) is 10.1. The van der Waals surface area contributed by atoms with Crippen LogP contribution in [-0.2, 0) is 14.8 Å². The Balaban J connectivity index is 2.13. The third-order valence-electron chi connectivity index (χ3n) is 4.28. The van der Waals surface area contributed by atoms with Crippen molar-refractivity contribution in [3.05, 3.63) is 58.1 Å². The number of amides is 2. The predicted octanol–water partition coefficient (Wildman–Crippen LogP) is 2.63. The molecule has 2 amide bonds. The van der Waals surface area contributed by atoms with E-state index in [9.17, 15) is 18.0 Å². The zero-order valence-electron chi connectivity index (χ0n) is 16.6. The first-order valence-electron chi connectivity index (χ1n) is 9.02. The molecule has 0 aliphatic carbocycles. The molecule has 30 heavy (non-hydrogen) atoms. The highest BCUT2D eigenvalue weighted by molar-refractivity contribution is 7.92. The van der Waals surface area contributed by atoms with Crippen LogP contribution in [0.25, 0.3) is 0 Å². The summed E-state index contributed by atoms with van der Waals surface area (Å²) >= 11 is 6.07. The highest BCUT2D eigenvalue weighted by Gasteiger charge is 2.19. The molecule has 0 aliphatic rings. The van der Waals surface area contributed by atoms with Gasteiger partial charge in [-0.25, -0.2) is 8.42 Å². The Labute approximate surface area is 181 Å². The van der Waals surface area contributed by atoms with Gasteiger partial charge in [-0.3, -0.25) is 14.3 Å². The van der Waals surface area contributed by atoms with Gasteiger partial charge in [0.25, 0.3) is 15.9 Å². The van der Waals surface area contributed by atoms with Gasteiger partial charge in [0.2, 0.25) is 5.91 Å². The molecule has 0 bridgehead atoms. The van der Waals surface area contributed by atoms with Crippen LogP contribution in [0.5, 0.6) is 0 Å². The zero-order valence-corrected chi connectivity index (χ0v) is 18.2. The molecule has 0 saturated heterocycles. The molecule has 0 atom stereocenters. The molecular formula is C21H22ClN3O4S. The zero-order chi connectivity index (χ0) is 22.3. The van der Waals surface area contributed by atoms with Crippen molar-refractivity contribution in [2.45, 2.75) is 25.2 Å². The van der Waals surface area contributed by atoms with Crippen LogP contribution in [-0.4, -0.2) is 33.3 Å². The van der Waals surface area contributed by atoms with Gasteiger partial charge in [-0.05, 0) is 55.3 Å². The average Bonchev–Trinajstić information content (AvgIpc) is 2.69. The van der Waals surface area contributed by atoms with E-state index in [-0.39, 0.29) is 40.9 Å². The van der Waals surface area contributed by atoms with Crippen LogP contribution >= 0.6 is 11.6 Å². The number of benzene rings is 2. The minimum Gasteiger partial charge on any atom is -0.351 e. The first-order chi connectivity index (χ1) is 14.1. The lowest BCUT2D eigenvalue weighted by Crippen LogP contribution is -2.31. The summed E-state index contributed by atoms with van der Waals surface area (Å²) in [6, 6.07) is 9.05. The number of carbonyl (C=O) groups is 2. The van der Waals surface area contributed by atoms with E-state index in [1.165, 1.54) is 18.2 Å². The molecule has 0 saturated carbocycles. The molecule has 0 aliphatic heterocycles. The summed E-state index contributed by atoms with van der Waals surface area (Å²) in [5.41, 5.74) is 2.38.